The lowest BCUT2D eigenvalue weighted by Gasteiger charge is -1.83. The minimum Gasteiger partial charge on any atom is -0.466 e. The maximum atomic E-state index is 9.84. The number of esters is 1. The molecule has 0 saturated carbocycles. The van der Waals surface area contributed by atoms with Crippen molar-refractivity contribution in [1.82, 2.24) is 0 Å². The molecule has 0 bridgehead atoms. The quantitative estimate of drug-likeness (QED) is 0.343. The third kappa shape index (κ3) is 1.52. The highest BCUT2D eigenvalue weighted by Crippen LogP contribution is 1.67. The Balaban J connectivity index is 0. The fourth-order valence-corrected chi connectivity index (χ4v) is 0.0833. The molecule has 0 spiro atoms. The molecule has 0 aliphatic heterocycles. The molecule has 0 aliphatic rings. The van der Waals surface area contributed by atoms with Crippen molar-refractivity contribution in [2.24, 2.45) is 0 Å². The molecule has 2 nitrogen and oxygen atoms in total. The number of hydrogen-bond donors (Lipinski definition) is 0. The van der Waals surface area contributed by atoms with Crippen molar-refractivity contribution in [1.29, 1.82) is 0 Å². The minimum atomic E-state index is -0.394. The van der Waals surface area contributed by atoms with Gasteiger partial charge in [0.2, 0.25) is 0 Å². The molecule has 0 unspecified atom stereocenters. The normalized spacial score (nSPS) is 6.83. The van der Waals surface area contributed by atoms with Gasteiger partial charge in [0.15, 0.2) is 0 Å². The standard InChI is InChI=1S/C4H6O2/c1-3-4(5)6-2/h3H,1H2,2H3/p+1. The van der Waals surface area contributed by atoms with Crippen LogP contribution in [0.15, 0.2) is 12.7 Å². The number of carbonyl (C=O) groups excluding carboxylic acids is 1. The lowest BCUT2D eigenvalue weighted by atomic mass is 10.7. The molecule has 0 saturated heterocycles. The van der Waals surface area contributed by atoms with Gasteiger partial charge in [-0.05, 0) is 0 Å². The van der Waals surface area contributed by atoms with Crippen molar-refractivity contribution in [3.8, 4) is 0 Å². The van der Waals surface area contributed by atoms with E-state index in [0.717, 1.165) is 6.08 Å². The Kier molecular flexibility index (Phi) is 2.13. The zero-order valence-electron chi connectivity index (χ0n) is 4.60. The lowest BCUT2D eigenvalue weighted by Crippen LogP contribution is -1.91. The highest BCUT2D eigenvalue weighted by molar-refractivity contribution is 5.80. The third-order valence-corrected chi connectivity index (χ3v) is 0.368. The Morgan fingerprint density at radius 1 is 2.17 bits per heavy atom. The van der Waals surface area contributed by atoms with Crippen LogP contribution < -0.4 is 0 Å². The van der Waals surface area contributed by atoms with Gasteiger partial charge in [-0.15, -0.1) is 0 Å². The number of methoxy groups -OCH3 is 1. The Labute approximate surface area is 37.9 Å². The Bertz CT molecular complexity index is 70.1. The predicted octanol–water partition coefficient (Wildman–Crippen LogP) is 0.458. The highest BCUT2D eigenvalue weighted by atomic mass is 16.5. The molecular weight excluding hydrogens is 80.0 g/mol. The van der Waals surface area contributed by atoms with Crippen molar-refractivity contribution in [2.45, 2.75) is 0 Å². The van der Waals surface area contributed by atoms with E-state index in [9.17, 15) is 4.79 Å². The Morgan fingerprint density at radius 2 is 2.67 bits per heavy atom. The van der Waals surface area contributed by atoms with Crippen LogP contribution in [0.1, 0.15) is 1.43 Å². The number of hydrogen-bond acceptors (Lipinski definition) is 2. The van der Waals surface area contributed by atoms with Gasteiger partial charge in [-0.2, -0.15) is 0 Å². The molecule has 0 N–H and O–H groups in total. The maximum absolute atomic E-state index is 9.84. The van der Waals surface area contributed by atoms with E-state index in [0.29, 0.717) is 0 Å². The summed E-state index contributed by atoms with van der Waals surface area (Å²) in [5, 5.41) is 0. The van der Waals surface area contributed by atoms with Crippen LogP contribution in [-0.4, -0.2) is 13.1 Å². The maximum Gasteiger partial charge on any atom is 1.00 e. The van der Waals surface area contributed by atoms with Gasteiger partial charge in [0.25, 0.3) is 0 Å². The van der Waals surface area contributed by atoms with E-state index in [2.05, 4.69) is 11.3 Å². The van der Waals surface area contributed by atoms with Crippen molar-refractivity contribution in [3.63, 3.8) is 0 Å². The highest BCUT2D eigenvalue weighted by Gasteiger charge is 1.81. The van der Waals surface area contributed by atoms with Crippen LogP contribution in [0, 0.1) is 0 Å². The van der Waals surface area contributed by atoms with Crippen LogP contribution in [0.25, 0.3) is 0 Å². The molecule has 6 heavy (non-hydrogen) atoms. The summed E-state index contributed by atoms with van der Waals surface area (Å²) in [6.45, 7) is 3.16. The second-order valence-corrected chi connectivity index (χ2v) is 0.727. The number of rotatable bonds is 1. The SMILES string of the molecule is C=CC(=O)OC.[H+]. The van der Waals surface area contributed by atoms with Crippen LogP contribution >= 0.6 is 0 Å². The minimum absolute atomic E-state index is 0. The van der Waals surface area contributed by atoms with E-state index in [4.69, 9.17) is 0 Å². The molecule has 0 aromatic carbocycles. The van der Waals surface area contributed by atoms with Crippen molar-refractivity contribution >= 4 is 5.97 Å². The smallest absolute Gasteiger partial charge is 0.466 e. The predicted molar refractivity (Wildman–Crippen MR) is 23.3 cm³/mol. The summed E-state index contributed by atoms with van der Waals surface area (Å²) in [5.74, 6) is -0.394. The average Bonchev–Trinajstić information content (AvgIpc) is 1.65. The third-order valence-electron chi connectivity index (χ3n) is 0.368. The molecule has 0 radical (unpaired) electrons. The summed E-state index contributed by atoms with van der Waals surface area (Å²) in [7, 11) is 1.31. The van der Waals surface area contributed by atoms with Gasteiger partial charge in [-0.25, -0.2) is 4.79 Å². The molecule has 34 valence electrons. The van der Waals surface area contributed by atoms with Crippen molar-refractivity contribution in [2.75, 3.05) is 7.11 Å². The second kappa shape index (κ2) is 2.45. The monoisotopic (exact) mass is 87.0 g/mol. The topological polar surface area (TPSA) is 26.3 Å². The molecule has 0 heterocycles. The first kappa shape index (κ1) is 5.21. The first-order valence-electron chi connectivity index (χ1n) is 1.51. The van der Waals surface area contributed by atoms with Gasteiger partial charge in [0.05, 0.1) is 7.11 Å². The zero-order chi connectivity index (χ0) is 4.99. The van der Waals surface area contributed by atoms with Crippen LogP contribution in [0.2, 0.25) is 0 Å². The molecule has 2 heteroatoms. The number of ether oxygens (including phenoxy) is 1. The molecule has 0 aromatic heterocycles. The van der Waals surface area contributed by atoms with Gasteiger partial charge in [-0.3, -0.25) is 0 Å². The van der Waals surface area contributed by atoms with Crippen molar-refractivity contribution < 1.29 is 11.0 Å². The summed E-state index contributed by atoms with van der Waals surface area (Å²) in [5.41, 5.74) is 0. The molecule has 0 fully saturated rings. The van der Waals surface area contributed by atoms with E-state index in [1.807, 2.05) is 0 Å². The molecule has 0 atom stereocenters. The molecular formula is C4H7O2+. The summed E-state index contributed by atoms with van der Waals surface area (Å²) in [4.78, 5) is 9.84. The lowest BCUT2D eigenvalue weighted by molar-refractivity contribution is -0.134. The second-order valence-electron chi connectivity index (χ2n) is 0.727. The van der Waals surface area contributed by atoms with Gasteiger partial charge in [-0.1, -0.05) is 6.58 Å². The van der Waals surface area contributed by atoms with Gasteiger partial charge < -0.3 is 4.74 Å². The van der Waals surface area contributed by atoms with E-state index in [1.54, 1.807) is 0 Å². The van der Waals surface area contributed by atoms with E-state index >= 15 is 0 Å². The van der Waals surface area contributed by atoms with Crippen LogP contribution in [0.5, 0.6) is 0 Å². The van der Waals surface area contributed by atoms with Gasteiger partial charge >= 0.3 is 7.40 Å². The van der Waals surface area contributed by atoms with E-state index < -0.39 is 5.97 Å². The fraction of sp³-hybridized carbons (Fsp3) is 0.250. The van der Waals surface area contributed by atoms with Crippen LogP contribution in [0.3, 0.4) is 0 Å². The summed E-state index contributed by atoms with van der Waals surface area (Å²) in [6, 6.07) is 0. The van der Waals surface area contributed by atoms with Gasteiger partial charge in [0.1, 0.15) is 0 Å². The average molecular weight is 87.1 g/mol. The molecule has 0 amide bonds. The van der Waals surface area contributed by atoms with E-state index in [1.165, 1.54) is 7.11 Å². The first-order valence-corrected chi connectivity index (χ1v) is 1.51. The summed E-state index contributed by atoms with van der Waals surface area (Å²) in [6.07, 6.45) is 1.11. The molecule has 0 aromatic rings. The van der Waals surface area contributed by atoms with Crippen LogP contribution in [0.4, 0.5) is 0 Å². The Morgan fingerprint density at radius 3 is 2.67 bits per heavy atom. The van der Waals surface area contributed by atoms with Crippen LogP contribution in [-0.2, 0) is 9.53 Å². The molecule has 0 rings (SSSR count). The first-order chi connectivity index (χ1) is 2.81. The van der Waals surface area contributed by atoms with Crippen molar-refractivity contribution in [3.05, 3.63) is 12.7 Å². The number of carbonyl (C=O) groups is 1. The Hall–Kier alpha value is -0.790. The molecule has 0 aliphatic carbocycles. The van der Waals surface area contributed by atoms with Gasteiger partial charge in [0, 0.05) is 6.08 Å². The fourth-order valence-electron chi connectivity index (χ4n) is 0.0833. The largest absolute Gasteiger partial charge is 1.00 e. The zero-order valence-corrected chi connectivity index (χ0v) is 3.60. The van der Waals surface area contributed by atoms with E-state index in [-0.39, 0.29) is 1.43 Å². The summed E-state index contributed by atoms with van der Waals surface area (Å²) >= 11 is 0. The summed E-state index contributed by atoms with van der Waals surface area (Å²) < 4.78 is 4.14.